The Morgan fingerprint density at radius 2 is 1.50 bits per heavy atom. The predicted molar refractivity (Wildman–Crippen MR) is 68.9 cm³/mol. The maximum absolute atomic E-state index is 11.9. The van der Waals surface area contributed by atoms with E-state index in [1.54, 1.807) is 30.3 Å². The van der Waals surface area contributed by atoms with E-state index in [4.69, 9.17) is 4.42 Å². The highest BCUT2D eigenvalue weighted by atomic mass is 19.1. The van der Waals surface area contributed by atoms with E-state index in [1.165, 1.54) is 24.5 Å². The maximum atomic E-state index is 11.9. The van der Waals surface area contributed by atoms with Crippen LogP contribution < -0.4 is 5.43 Å². The number of fused-ring (bicyclic) bond motifs is 1. The minimum Gasteiger partial charge on any atom is -0.464 e. The molecule has 18 heavy (non-hydrogen) atoms. The van der Waals surface area contributed by atoms with Gasteiger partial charge in [0.05, 0.1) is 11.6 Å². The van der Waals surface area contributed by atoms with Crippen molar-refractivity contribution in [2.24, 2.45) is 0 Å². The standard InChI is InChI=1S/C9H6O2.C6H5F/c10-8-5-6-11-9-4-2-1-3-7(8)9;7-6-4-2-1-3-5-6/h1-6H;1-5H. The van der Waals surface area contributed by atoms with Gasteiger partial charge in [-0.3, -0.25) is 4.79 Å². The smallest absolute Gasteiger partial charge is 0.192 e. The normalized spacial score (nSPS) is 9.61. The van der Waals surface area contributed by atoms with E-state index < -0.39 is 0 Å². The molecule has 0 spiro atoms. The largest absolute Gasteiger partial charge is 0.464 e. The zero-order valence-electron chi connectivity index (χ0n) is 9.55. The van der Waals surface area contributed by atoms with Crippen LogP contribution in [0.2, 0.25) is 0 Å². The summed E-state index contributed by atoms with van der Waals surface area (Å²) in [4.78, 5) is 11.1. The molecule has 0 saturated heterocycles. The van der Waals surface area contributed by atoms with Crippen molar-refractivity contribution in [1.82, 2.24) is 0 Å². The molecular weight excluding hydrogens is 231 g/mol. The number of hydrogen-bond acceptors (Lipinski definition) is 2. The molecule has 2 aromatic carbocycles. The molecule has 0 atom stereocenters. The van der Waals surface area contributed by atoms with Gasteiger partial charge >= 0.3 is 0 Å². The molecule has 0 fully saturated rings. The van der Waals surface area contributed by atoms with Crippen LogP contribution in [0.25, 0.3) is 11.0 Å². The molecule has 0 saturated carbocycles. The molecule has 0 amide bonds. The zero-order valence-corrected chi connectivity index (χ0v) is 9.55. The number of halogens is 1. The second-order valence-corrected chi connectivity index (χ2v) is 3.58. The first-order chi connectivity index (χ1) is 8.77. The summed E-state index contributed by atoms with van der Waals surface area (Å²) >= 11 is 0. The van der Waals surface area contributed by atoms with Crippen LogP contribution in [0.15, 0.2) is 76.1 Å². The molecule has 1 aromatic heterocycles. The molecule has 0 bridgehead atoms. The number of rotatable bonds is 0. The average Bonchev–Trinajstić information content (AvgIpc) is 2.41. The monoisotopic (exact) mass is 242 g/mol. The van der Waals surface area contributed by atoms with Gasteiger partial charge in [-0.15, -0.1) is 0 Å². The van der Waals surface area contributed by atoms with E-state index in [9.17, 15) is 9.18 Å². The van der Waals surface area contributed by atoms with Crippen LogP contribution in [0.1, 0.15) is 0 Å². The van der Waals surface area contributed by atoms with E-state index in [0.717, 1.165) is 0 Å². The quantitative estimate of drug-likeness (QED) is 0.602. The lowest BCUT2D eigenvalue weighted by atomic mass is 10.2. The van der Waals surface area contributed by atoms with Gasteiger partial charge in [0.25, 0.3) is 0 Å². The Bertz CT molecular complexity index is 669. The third-order valence-electron chi connectivity index (χ3n) is 2.30. The minimum atomic E-state index is -0.178. The van der Waals surface area contributed by atoms with Crippen molar-refractivity contribution in [2.75, 3.05) is 0 Å². The van der Waals surface area contributed by atoms with Crippen LogP contribution in [0.4, 0.5) is 4.39 Å². The van der Waals surface area contributed by atoms with Crippen molar-refractivity contribution in [3.63, 3.8) is 0 Å². The molecule has 0 aliphatic carbocycles. The van der Waals surface area contributed by atoms with Gasteiger partial charge in [0.2, 0.25) is 0 Å². The third-order valence-corrected chi connectivity index (χ3v) is 2.30. The first-order valence-corrected chi connectivity index (χ1v) is 5.44. The fraction of sp³-hybridized carbons (Fsp3) is 0. The van der Waals surface area contributed by atoms with Gasteiger partial charge in [0.15, 0.2) is 5.43 Å². The fourth-order valence-electron chi connectivity index (χ4n) is 1.45. The lowest BCUT2D eigenvalue weighted by molar-refractivity contribution is 0.602. The molecule has 3 heteroatoms. The Morgan fingerprint density at radius 3 is 2.11 bits per heavy atom. The fourth-order valence-corrected chi connectivity index (χ4v) is 1.45. The van der Waals surface area contributed by atoms with Crippen LogP contribution in [-0.4, -0.2) is 0 Å². The van der Waals surface area contributed by atoms with Crippen molar-refractivity contribution in [2.45, 2.75) is 0 Å². The molecule has 2 nitrogen and oxygen atoms in total. The molecule has 0 aliphatic rings. The van der Waals surface area contributed by atoms with Gasteiger partial charge < -0.3 is 4.42 Å². The Balaban J connectivity index is 0.000000149. The summed E-state index contributed by atoms with van der Waals surface area (Å²) in [6, 6.07) is 16.5. The summed E-state index contributed by atoms with van der Waals surface area (Å²) in [5, 5.41) is 0.634. The zero-order chi connectivity index (χ0) is 12.8. The van der Waals surface area contributed by atoms with Crippen LogP contribution >= 0.6 is 0 Å². The highest BCUT2D eigenvalue weighted by Crippen LogP contribution is 2.06. The van der Waals surface area contributed by atoms with Gasteiger partial charge in [-0.2, -0.15) is 0 Å². The molecule has 0 N–H and O–H groups in total. The third kappa shape index (κ3) is 3.04. The lowest BCUT2D eigenvalue weighted by Gasteiger charge is -1.91. The first-order valence-electron chi connectivity index (χ1n) is 5.44. The van der Waals surface area contributed by atoms with E-state index in [0.29, 0.717) is 11.0 Å². The summed E-state index contributed by atoms with van der Waals surface area (Å²) in [5.41, 5.74) is 0.645. The topological polar surface area (TPSA) is 30.2 Å². The molecular formula is C15H11FO2. The summed E-state index contributed by atoms with van der Waals surface area (Å²) in [7, 11) is 0. The average molecular weight is 242 g/mol. The van der Waals surface area contributed by atoms with Crippen molar-refractivity contribution in [3.8, 4) is 0 Å². The molecule has 0 unspecified atom stereocenters. The van der Waals surface area contributed by atoms with Gasteiger partial charge in [-0.1, -0.05) is 30.3 Å². The SMILES string of the molecule is Fc1ccccc1.O=c1ccoc2ccccc12. The van der Waals surface area contributed by atoms with Crippen molar-refractivity contribution < 1.29 is 8.81 Å². The Morgan fingerprint density at radius 1 is 0.833 bits per heavy atom. The van der Waals surface area contributed by atoms with E-state index >= 15 is 0 Å². The van der Waals surface area contributed by atoms with Crippen LogP contribution in [0.3, 0.4) is 0 Å². The summed E-state index contributed by atoms with van der Waals surface area (Å²) in [6.45, 7) is 0. The van der Waals surface area contributed by atoms with Crippen molar-refractivity contribution >= 4 is 11.0 Å². The highest BCUT2D eigenvalue weighted by Gasteiger charge is 1.95. The first kappa shape index (κ1) is 12.0. The van der Waals surface area contributed by atoms with Crippen LogP contribution in [0, 0.1) is 5.82 Å². The Labute approximate surface area is 103 Å². The molecule has 0 aliphatic heterocycles. The van der Waals surface area contributed by atoms with Crippen LogP contribution in [-0.2, 0) is 0 Å². The summed E-state index contributed by atoms with van der Waals surface area (Å²) in [6.07, 6.45) is 1.41. The van der Waals surface area contributed by atoms with E-state index in [1.807, 2.05) is 12.1 Å². The van der Waals surface area contributed by atoms with Crippen molar-refractivity contribution in [3.05, 3.63) is 83.0 Å². The second kappa shape index (κ2) is 5.77. The van der Waals surface area contributed by atoms with E-state index in [-0.39, 0.29) is 11.2 Å². The Kier molecular flexibility index (Phi) is 3.86. The van der Waals surface area contributed by atoms with Crippen molar-refractivity contribution in [1.29, 1.82) is 0 Å². The number of hydrogen-bond donors (Lipinski definition) is 0. The van der Waals surface area contributed by atoms with E-state index in [2.05, 4.69) is 0 Å². The molecule has 90 valence electrons. The molecule has 3 aromatic rings. The minimum absolute atomic E-state index is 0.00634. The highest BCUT2D eigenvalue weighted by molar-refractivity contribution is 5.75. The number of benzene rings is 2. The van der Waals surface area contributed by atoms with Crippen LogP contribution in [0.5, 0.6) is 0 Å². The second-order valence-electron chi connectivity index (χ2n) is 3.58. The molecule has 3 rings (SSSR count). The molecule has 0 radical (unpaired) electrons. The van der Waals surface area contributed by atoms with Gasteiger partial charge in [0, 0.05) is 6.07 Å². The Hall–Kier alpha value is -2.42. The summed E-state index contributed by atoms with van der Waals surface area (Å²) < 4.78 is 17.0. The van der Waals surface area contributed by atoms with Gasteiger partial charge in [-0.05, 0) is 24.3 Å². The molecule has 1 heterocycles. The van der Waals surface area contributed by atoms with Gasteiger partial charge in [-0.25, -0.2) is 4.39 Å². The maximum Gasteiger partial charge on any atom is 0.192 e. The lowest BCUT2D eigenvalue weighted by Crippen LogP contribution is -1.96. The number of para-hydroxylation sites is 1. The van der Waals surface area contributed by atoms with Gasteiger partial charge in [0.1, 0.15) is 11.4 Å². The summed E-state index contributed by atoms with van der Waals surface area (Å²) in [5.74, 6) is -0.178. The predicted octanol–water partition coefficient (Wildman–Crippen LogP) is 3.62.